The molecule has 1 aromatic rings. The van der Waals surface area contributed by atoms with Crippen molar-refractivity contribution < 1.29 is 14.6 Å². The largest absolute Gasteiger partial charge is 0.395 e. The summed E-state index contributed by atoms with van der Waals surface area (Å²) in [5.41, 5.74) is 0.576. The predicted octanol–water partition coefficient (Wildman–Crippen LogP) is 1.18. The summed E-state index contributed by atoms with van der Waals surface area (Å²) in [6.45, 7) is 2.45. The Morgan fingerprint density at radius 1 is 1.60 bits per heavy atom. The number of aliphatic hydroxyl groups excluding tert-OH is 1. The van der Waals surface area contributed by atoms with Crippen LogP contribution in [0.4, 0.5) is 5.82 Å². The molecule has 0 saturated carbocycles. The maximum atomic E-state index is 12.0. The Kier molecular flexibility index (Phi) is 5.10. The van der Waals surface area contributed by atoms with E-state index in [2.05, 4.69) is 22.1 Å². The number of carbonyl (C=O) groups is 1. The van der Waals surface area contributed by atoms with Crippen LogP contribution in [0, 0.1) is 17.8 Å². The van der Waals surface area contributed by atoms with Crippen LogP contribution in [0.2, 0.25) is 0 Å². The number of rotatable bonds is 3. The third-order valence-electron chi connectivity index (χ3n) is 3.02. The van der Waals surface area contributed by atoms with E-state index in [-0.39, 0.29) is 24.5 Å². The summed E-state index contributed by atoms with van der Waals surface area (Å²) < 4.78 is 5.39. The molecule has 0 spiro atoms. The summed E-state index contributed by atoms with van der Waals surface area (Å²) in [7, 11) is 0. The fraction of sp³-hybridized carbons (Fsp3) is 0.467. The normalized spacial score (nSPS) is 21.1. The van der Waals surface area contributed by atoms with Gasteiger partial charge < -0.3 is 15.2 Å². The third-order valence-corrected chi connectivity index (χ3v) is 3.02. The van der Waals surface area contributed by atoms with Gasteiger partial charge in [-0.25, -0.2) is 4.98 Å². The van der Waals surface area contributed by atoms with E-state index < -0.39 is 0 Å². The number of aliphatic hydroxyl groups is 1. The molecule has 2 N–H and O–H groups in total. The minimum Gasteiger partial charge on any atom is -0.395 e. The van der Waals surface area contributed by atoms with Crippen molar-refractivity contribution in [3.05, 3.63) is 23.9 Å². The molecule has 1 fully saturated rings. The molecule has 1 amide bonds. The van der Waals surface area contributed by atoms with Gasteiger partial charge in [-0.15, -0.1) is 0 Å². The van der Waals surface area contributed by atoms with Gasteiger partial charge in [0.25, 0.3) is 0 Å². The molecule has 1 aliphatic rings. The molecular weight excluding hydrogens is 256 g/mol. The number of ether oxygens (including phenoxy) is 1. The molecule has 0 aromatic carbocycles. The second-order valence-electron chi connectivity index (χ2n) is 4.75. The van der Waals surface area contributed by atoms with Crippen LogP contribution in [0.1, 0.15) is 25.5 Å². The fourth-order valence-corrected chi connectivity index (χ4v) is 2.01. The van der Waals surface area contributed by atoms with Crippen LogP contribution in [-0.2, 0) is 9.53 Å². The highest BCUT2D eigenvalue weighted by molar-refractivity contribution is 5.92. The summed E-state index contributed by atoms with van der Waals surface area (Å²) in [5.74, 6) is 5.95. The zero-order valence-electron chi connectivity index (χ0n) is 11.4. The van der Waals surface area contributed by atoms with Crippen LogP contribution in [0.3, 0.4) is 0 Å². The Morgan fingerprint density at radius 3 is 3.15 bits per heavy atom. The van der Waals surface area contributed by atoms with Crippen LogP contribution < -0.4 is 5.32 Å². The summed E-state index contributed by atoms with van der Waals surface area (Å²) in [6, 6.07) is 5.29. The topological polar surface area (TPSA) is 71.5 Å². The number of pyridine rings is 1. The molecule has 20 heavy (non-hydrogen) atoms. The van der Waals surface area contributed by atoms with Crippen LogP contribution in [0.25, 0.3) is 0 Å². The van der Waals surface area contributed by atoms with Gasteiger partial charge in [0.1, 0.15) is 11.5 Å². The minimum atomic E-state index is -0.115. The number of carbonyl (C=O) groups excluding carboxylic acids is 1. The number of nitrogens with one attached hydrogen (secondary N) is 1. The Hall–Kier alpha value is -1.90. The van der Waals surface area contributed by atoms with E-state index in [0.717, 1.165) is 6.42 Å². The van der Waals surface area contributed by atoms with Crippen LogP contribution >= 0.6 is 0 Å². The maximum Gasteiger partial charge on any atom is 0.231 e. The first-order valence-electron chi connectivity index (χ1n) is 6.68. The molecule has 1 aliphatic heterocycles. The minimum absolute atomic E-state index is 0.0310. The lowest BCUT2D eigenvalue weighted by Crippen LogP contribution is -2.23. The summed E-state index contributed by atoms with van der Waals surface area (Å²) in [6.07, 6.45) is 1.28. The number of hydrogen-bond donors (Lipinski definition) is 2. The van der Waals surface area contributed by atoms with Gasteiger partial charge >= 0.3 is 0 Å². The van der Waals surface area contributed by atoms with E-state index in [0.29, 0.717) is 24.5 Å². The Labute approximate surface area is 118 Å². The zero-order valence-corrected chi connectivity index (χ0v) is 11.4. The number of nitrogens with zero attached hydrogens (tertiary/aromatic N) is 1. The van der Waals surface area contributed by atoms with E-state index in [4.69, 9.17) is 9.84 Å². The fourth-order valence-electron chi connectivity index (χ4n) is 2.01. The second kappa shape index (κ2) is 7.04. The number of hydrogen-bond acceptors (Lipinski definition) is 4. The van der Waals surface area contributed by atoms with Gasteiger partial charge in [-0.2, -0.15) is 0 Å². The first-order valence-corrected chi connectivity index (χ1v) is 6.68. The van der Waals surface area contributed by atoms with Crippen LogP contribution in [0.5, 0.6) is 0 Å². The second-order valence-corrected chi connectivity index (χ2v) is 4.75. The summed E-state index contributed by atoms with van der Waals surface area (Å²) in [5, 5.41) is 11.5. The van der Waals surface area contributed by atoms with Crippen molar-refractivity contribution in [1.82, 2.24) is 4.98 Å². The molecule has 0 radical (unpaired) electrons. The predicted molar refractivity (Wildman–Crippen MR) is 75.0 cm³/mol. The van der Waals surface area contributed by atoms with E-state index in [9.17, 15) is 4.79 Å². The van der Waals surface area contributed by atoms with E-state index in [1.807, 2.05) is 6.92 Å². The molecule has 1 saturated heterocycles. The molecule has 2 heterocycles. The van der Waals surface area contributed by atoms with E-state index in [1.54, 1.807) is 18.2 Å². The quantitative estimate of drug-likeness (QED) is 0.812. The molecule has 106 valence electrons. The van der Waals surface area contributed by atoms with Crippen LogP contribution in [0.15, 0.2) is 18.2 Å². The highest BCUT2D eigenvalue weighted by Crippen LogP contribution is 2.20. The van der Waals surface area contributed by atoms with Crippen molar-refractivity contribution in [3.8, 4) is 11.8 Å². The number of anilines is 1. The van der Waals surface area contributed by atoms with Crippen LogP contribution in [-0.4, -0.2) is 35.3 Å². The maximum absolute atomic E-state index is 12.0. The molecule has 5 heteroatoms. The highest BCUT2D eigenvalue weighted by atomic mass is 16.5. The lowest BCUT2D eigenvalue weighted by Gasteiger charge is -2.08. The smallest absolute Gasteiger partial charge is 0.231 e. The van der Waals surface area contributed by atoms with Gasteiger partial charge in [0.2, 0.25) is 5.91 Å². The van der Waals surface area contributed by atoms with Gasteiger partial charge in [0.15, 0.2) is 0 Å². The monoisotopic (exact) mass is 274 g/mol. The Morgan fingerprint density at radius 2 is 2.45 bits per heavy atom. The molecule has 0 bridgehead atoms. The molecule has 0 aliphatic carbocycles. The lowest BCUT2D eigenvalue weighted by atomic mass is 10.1. The average Bonchev–Trinajstić information content (AvgIpc) is 2.86. The standard InChI is InChI=1S/C15H18N2O3/c1-11-9-12(10-20-11)15(19)17-14-7-4-6-13(16-14)5-2-3-8-18/h4,6-7,11-12,18H,3,8-10H2,1H3,(H,16,17,19). The molecule has 2 unspecified atom stereocenters. The molecule has 1 aromatic heterocycles. The van der Waals surface area contributed by atoms with Gasteiger partial charge in [-0.1, -0.05) is 12.0 Å². The SMILES string of the molecule is CC1CC(C(=O)Nc2cccc(C#CCCO)n2)CO1. The van der Waals surface area contributed by atoms with Crippen molar-refractivity contribution in [2.24, 2.45) is 5.92 Å². The summed E-state index contributed by atoms with van der Waals surface area (Å²) >= 11 is 0. The Balaban J connectivity index is 1.97. The number of amides is 1. The number of aromatic nitrogens is 1. The van der Waals surface area contributed by atoms with Crippen molar-refractivity contribution in [3.63, 3.8) is 0 Å². The third kappa shape index (κ3) is 4.05. The van der Waals surface area contributed by atoms with Gasteiger partial charge in [0, 0.05) is 6.42 Å². The van der Waals surface area contributed by atoms with Crippen molar-refractivity contribution in [1.29, 1.82) is 0 Å². The molecule has 2 rings (SSSR count). The highest BCUT2D eigenvalue weighted by Gasteiger charge is 2.28. The van der Waals surface area contributed by atoms with Gasteiger partial charge in [0.05, 0.1) is 25.2 Å². The zero-order chi connectivity index (χ0) is 14.4. The lowest BCUT2D eigenvalue weighted by molar-refractivity contribution is -0.119. The average molecular weight is 274 g/mol. The van der Waals surface area contributed by atoms with Gasteiger partial charge in [-0.05, 0) is 31.4 Å². The first-order chi connectivity index (χ1) is 9.69. The summed E-state index contributed by atoms with van der Waals surface area (Å²) in [4.78, 5) is 16.3. The van der Waals surface area contributed by atoms with Gasteiger partial charge in [-0.3, -0.25) is 4.79 Å². The molecule has 5 nitrogen and oxygen atoms in total. The van der Waals surface area contributed by atoms with Crippen molar-refractivity contribution in [2.75, 3.05) is 18.5 Å². The Bertz CT molecular complexity index is 533. The van der Waals surface area contributed by atoms with Crippen molar-refractivity contribution in [2.45, 2.75) is 25.9 Å². The molecule has 2 atom stereocenters. The van der Waals surface area contributed by atoms with Crippen molar-refractivity contribution >= 4 is 11.7 Å². The molecular formula is C15H18N2O3. The van der Waals surface area contributed by atoms with E-state index in [1.165, 1.54) is 0 Å². The van der Waals surface area contributed by atoms with E-state index >= 15 is 0 Å². The first kappa shape index (κ1) is 14.5.